The SMILES string of the molecule is CC(C)[C@H]1CCC2[C@@H]3[C@H]4CC(C)[C@@H](C[C@]3(C)CC[C@@]21C(=O)O)OO4. The van der Waals surface area contributed by atoms with Crippen molar-refractivity contribution < 1.29 is 19.7 Å². The van der Waals surface area contributed by atoms with E-state index in [1.54, 1.807) is 0 Å². The standard InChI is InChI=1S/C20H32O4/c1-11(2)13-5-6-14-17-15-9-12(3)16(24-23-15)10-19(17,4)7-8-20(13,14)18(21)22/h11-17H,5-10H2,1-4H3,(H,21,22)/t12?,13-,14?,15-,16-,17-,19+,20+/m1/s1. The molecule has 5 rings (SSSR count). The van der Waals surface area contributed by atoms with Crippen molar-refractivity contribution in [2.75, 3.05) is 0 Å². The van der Waals surface area contributed by atoms with E-state index in [1.165, 1.54) is 0 Å². The molecule has 5 fully saturated rings. The van der Waals surface area contributed by atoms with Gasteiger partial charge in [0.1, 0.15) is 0 Å². The molecule has 3 aliphatic carbocycles. The predicted octanol–water partition coefficient (Wildman–Crippen LogP) is 4.28. The van der Waals surface area contributed by atoms with Crippen molar-refractivity contribution in [1.82, 2.24) is 0 Å². The lowest BCUT2D eigenvalue weighted by molar-refractivity contribution is -0.386. The Labute approximate surface area is 145 Å². The zero-order valence-electron chi connectivity index (χ0n) is 15.5. The molecule has 1 N–H and O–H groups in total. The normalized spacial score (nSPS) is 53.5. The molecule has 0 amide bonds. The summed E-state index contributed by atoms with van der Waals surface area (Å²) in [5, 5.41) is 10.3. The van der Waals surface area contributed by atoms with Crippen molar-refractivity contribution in [1.29, 1.82) is 0 Å². The molecule has 24 heavy (non-hydrogen) atoms. The van der Waals surface area contributed by atoms with Gasteiger partial charge in [-0.2, -0.15) is 0 Å². The van der Waals surface area contributed by atoms with Gasteiger partial charge >= 0.3 is 5.97 Å². The number of carboxylic acids is 1. The molecule has 0 aromatic heterocycles. The summed E-state index contributed by atoms with van der Waals surface area (Å²) in [4.78, 5) is 24.1. The molecule has 2 heterocycles. The number of rotatable bonds is 2. The first kappa shape index (κ1) is 16.8. The smallest absolute Gasteiger partial charge is 0.310 e. The number of hydrogen-bond acceptors (Lipinski definition) is 3. The Bertz CT molecular complexity index is 532. The Balaban J connectivity index is 1.78. The van der Waals surface area contributed by atoms with E-state index in [-0.39, 0.29) is 23.5 Å². The van der Waals surface area contributed by atoms with E-state index >= 15 is 0 Å². The van der Waals surface area contributed by atoms with E-state index in [0.29, 0.717) is 23.7 Å². The molecule has 2 aliphatic heterocycles. The van der Waals surface area contributed by atoms with Gasteiger partial charge in [-0.1, -0.05) is 27.7 Å². The van der Waals surface area contributed by atoms with Crippen molar-refractivity contribution in [3.63, 3.8) is 0 Å². The summed E-state index contributed by atoms with van der Waals surface area (Å²) >= 11 is 0. The molecule has 4 nitrogen and oxygen atoms in total. The Hall–Kier alpha value is -0.610. The largest absolute Gasteiger partial charge is 0.481 e. The van der Waals surface area contributed by atoms with Crippen molar-refractivity contribution >= 4 is 5.97 Å². The Morgan fingerprint density at radius 3 is 2.50 bits per heavy atom. The molecule has 0 aromatic rings. The second kappa shape index (κ2) is 5.44. The zero-order valence-corrected chi connectivity index (χ0v) is 15.5. The third-order valence-corrected chi connectivity index (χ3v) is 8.27. The number of hydrogen-bond donors (Lipinski definition) is 1. The minimum absolute atomic E-state index is 0.0682. The Morgan fingerprint density at radius 2 is 1.88 bits per heavy atom. The average molecular weight is 336 g/mol. The number of carboxylic acid groups (broad SMARTS) is 1. The van der Waals surface area contributed by atoms with Gasteiger partial charge in [-0.25, -0.2) is 9.78 Å². The van der Waals surface area contributed by atoms with E-state index in [1.807, 2.05) is 0 Å². The van der Waals surface area contributed by atoms with E-state index in [9.17, 15) is 9.90 Å². The minimum atomic E-state index is -0.557. The van der Waals surface area contributed by atoms with Gasteiger partial charge in [0.25, 0.3) is 0 Å². The van der Waals surface area contributed by atoms with Crippen LogP contribution in [0.3, 0.4) is 0 Å². The van der Waals surface area contributed by atoms with Gasteiger partial charge in [0.15, 0.2) is 0 Å². The first-order valence-corrected chi connectivity index (χ1v) is 9.85. The van der Waals surface area contributed by atoms with Gasteiger partial charge in [0.2, 0.25) is 0 Å². The van der Waals surface area contributed by atoms with E-state index in [0.717, 1.165) is 38.5 Å². The van der Waals surface area contributed by atoms with Crippen LogP contribution in [-0.4, -0.2) is 23.3 Å². The molecule has 0 aromatic carbocycles. The molecule has 2 saturated heterocycles. The van der Waals surface area contributed by atoms with Crippen LogP contribution in [0.1, 0.15) is 66.2 Å². The fraction of sp³-hybridized carbons (Fsp3) is 0.950. The molecule has 136 valence electrons. The summed E-state index contributed by atoms with van der Waals surface area (Å²) in [5.41, 5.74) is -0.389. The average Bonchev–Trinajstić information content (AvgIpc) is 2.78. The summed E-state index contributed by atoms with van der Waals surface area (Å²) in [6, 6.07) is 0. The molecule has 3 saturated carbocycles. The first-order valence-electron chi connectivity index (χ1n) is 9.85. The predicted molar refractivity (Wildman–Crippen MR) is 90.1 cm³/mol. The van der Waals surface area contributed by atoms with Gasteiger partial charge in [-0.3, -0.25) is 4.79 Å². The van der Waals surface area contributed by atoms with Crippen molar-refractivity contribution in [2.45, 2.75) is 78.4 Å². The second-order valence-corrected chi connectivity index (χ2v) is 9.75. The van der Waals surface area contributed by atoms with Gasteiger partial charge in [-0.15, -0.1) is 0 Å². The molecule has 2 bridgehead atoms. The first-order chi connectivity index (χ1) is 11.3. The summed E-state index contributed by atoms with van der Waals surface area (Å²) in [6.45, 7) is 9.04. The van der Waals surface area contributed by atoms with Crippen LogP contribution in [0.25, 0.3) is 0 Å². The van der Waals surface area contributed by atoms with Gasteiger partial charge in [-0.05, 0) is 73.5 Å². The van der Waals surface area contributed by atoms with Crippen molar-refractivity contribution in [3.8, 4) is 0 Å². The van der Waals surface area contributed by atoms with Crippen molar-refractivity contribution in [3.05, 3.63) is 0 Å². The maximum atomic E-state index is 12.5. The molecular formula is C20H32O4. The molecule has 2 unspecified atom stereocenters. The monoisotopic (exact) mass is 336 g/mol. The van der Waals surface area contributed by atoms with Gasteiger partial charge in [0, 0.05) is 0 Å². The lowest BCUT2D eigenvalue weighted by Gasteiger charge is -2.54. The molecular weight excluding hydrogens is 304 g/mol. The van der Waals surface area contributed by atoms with E-state index in [4.69, 9.17) is 9.78 Å². The number of carbonyl (C=O) groups is 1. The number of aliphatic carboxylic acids is 1. The van der Waals surface area contributed by atoms with Crippen LogP contribution in [0, 0.1) is 40.4 Å². The third kappa shape index (κ3) is 2.08. The maximum absolute atomic E-state index is 12.5. The highest BCUT2D eigenvalue weighted by Crippen LogP contribution is 2.67. The lowest BCUT2D eigenvalue weighted by Crippen LogP contribution is -2.55. The fourth-order valence-electron chi connectivity index (χ4n) is 7.16. The summed E-state index contributed by atoms with van der Waals surface area (Å²) in [5.74, 6) is 1.23. The second-order valence-electron chi connectivity index (χ2n) is 9.75. The van der Waals surface area contributed by atoms with Crippen LogP contribution in [0.15, 0.2) is 0 Å². The highest BCUT2D eigenvalue weighted by atomic mass is 17.2. The topological polar surface area (TPSA) is 55.8 Å². The van der Waals surface area contributed by atoms with Gasteiger partial charge in [0.05, 0.1) is 17.6 Å². The van der Waals surface area contributed by atoms with Crippen LogP contribution in [0.4, 0.5) is 0 Å². The summed E-state index contributed by atoms with van der Waals surface area (Å²) in [7, 11) is 0. The van der Waals surface area contributed by atoms with Crippen LogP contribution in [0.5, 0.6) is 0 Å². The van der Waals surface area contributed by atoms with Crippen LogP contribution >= 0.6 is 0 Å². The highest BCUT2D eigenvalue weighted by molar-refractivity contribution is 5.76. The van der Waals surface area contributed by atoms with Gasteiger partial charge < -0.3 is 5.11 Å². The molecule has 8 atom stereocenters. The molecule has 4 heteroatoms. The number of fused-ring (bicyclic) bond motifs is 3. The Morgan fingerprint density at radius 1 is 1.17 bits per heavy atom. The van der Waals surface area contributed by atoms with E-state index in [2.05, 4.69) is 27.7 Å². The third-order valence-electron chi connectivity index (χ3n) is 8.27. The van der Waals surface area contributed by atoms with Crippen LogP contribution in [0.2, 0.25) is 0 Å². The van der Waals surface area contributed by atoms with Crippen molar-refractivity contribution in [2.24, 2.45) is 40.4 Å². The highest BCUT2D eigenvalue weighted by Gasteiger charge is 2.67. The summed E-state index contributed by atoms with van der Waals surface area (Å²) < 4.78 is 0. The molecule has 0 spiro atoms. The zero-order chi connectivity index (χ0) is 17.3. The molecule has 0 radical (unpaired) electrons. The minimum Gasteiger partial charge on any atom is -0.481 e. The fourth-order valence-corrected chi connectivity index (χ4v) is 7.16. The Kier molecular flexibility index (Phi) is 3.82. The quantitative estimate of drug-likeness (QED) is 0.765. The molecule has 5 aliphatic rings. The van der Waals surface area contributed by atoms with E-state index < -0.39 is 11.4 Å². The van der Waals surface area contributed by atoms with Crippen LogP contribution in [-0.2, 0) is 14.6 Å². The summed E-state index contributed by atoms with van der Waals surface area (Å²) in [6.07, 6.45) is 6.20. The van der Waals surface area contributed by atoms with Crippen LogP contribution < -0.4 is 0 Å². The lowest BCUT2D eigenvalue weighted by atomic mass is 9.49. The maximum Gasteiger partial charge on any atom is 0.310 e.